The molecule has 0 nitrogen and oxygen atoms in total. The van der Waals surface area contributed by atoms with Gasteiger partial charge in [-0.15, -0.1) is 0 Å². The van der Waals surface area contributed by atoms with Gasteiger partial charge in [-0.25, -0.2) is 13.2 Å². The third-order valence-corrected chi connectivity index (χ3v) is 2.26. The predicted octanol–water partition coefficient (Wildman–Crippen LogP) is 3.43. The molecule has 4 heteroatoms. The Kier molecular flexibility index (Phi) is 3.78. The minimum atomic E-state index is -1.07. The summed E-state index contributed by atoms with van der Waals surface area (Å²) in [4.78, 5) is 0. The third kappa shape index (κ3) is 2.46. The van der Waals surface area contributed by atoms with Crippen molar-refractivity contribution in [2.24, 2.45) is 0 Å². The van der Waals surface area contributed by atoms with Crippen LogP contribution in [0.2, 0.25) is 0 Å². The van der Waals surface area contributed by atoms with E-state index in [1.807, 2.05) is 0 Å². The molecule has 0 fully saturated rings. The average Bonchev–Trinajstić information content (AvgIpc) is 2.12. The van der Waals surface area contributed by atoms with Crippen LogP contribution in [0.25, 0.3) is 0 Å². The van der Waals surface area contributed by atoms with E-state index in [9.17, 15) is 13.2 Å². The summed E-state index contributed by atoms with van der Waals surface area (Å²) >= 11 is 3.14. The van der Waals surface area contributed by atoms with Gasteiger partial charge in [0.25, 0.3) is 0 Å². The van der Waals surface area contributed by atoms with Gasteiger partial charge in [0.15, 0.2) is 11.6 Å². The molecule has 1 aromatic rings. The second-order valence-electron chi connectivity index (χ2n) is 2.61. The molecule has 0 radical (unpaired) electrons. The van der Waals surface area contributed by atoms with Gasteiger partial charge >= 0.3 is 0 Å². The summed E-state index contributed by atoms with van der Waals surface area (Å²) < 4.78 is 38.5. The van der Waals surface area contributed by atoms with Crippen LogP contribution in [-0.2, 0) is 6.42 Å². The van der Waals surface area contributed by atoms with Gasteiger partial charge in [0.05, 0.1) is 0 Å². The largest absolute Gasteiger partial charge is 0.207 e. The number of benzene rings is 1. The van der Waals surface area contributed by atoms with Crippen molar-refractivity contribution >= 4 is 15.9 Å². The first-order valence-corrected chi connectivity index (χ1v) is 4.97. The Hall–Kier alpha value is -0.510. The number of hydrogen-bond donors (Lipinski definition) is 0. The van der Waals surface area contributed by atoms with E-state index in [4.69, 9.17) is 0 Å². The number of hydrogen-bond acceptors (Lipinski definition) is 0. The Morgan fingerprint density at radius 3 is 2.31 bits per heavy atom. The molecule has 0 aliphatic rings. The van der Waals surface area contributed by atoms with E-state index < -0.39 is 17.5 Å². The van der Waals surface area contributed by atoms with E-state index in [0.29, 0.717) is 11.8 Å². The molecule has 0 aliphatic carbocycles. The van der Waals surface area contributed by atoms with E-state index in [-0.39, 0.29) is 12.0 Å². The van der Waals surface area contributed by atoms with Crippen LogP contribution in [0.5, 0.6) is 0 Å². The zero-order valence-electron chi connectivity index (χ0n) is 6.79. The summed E-state index contributed by atoms with van der Waals surface area (Å²) in [7, 11) is 0. The van der Waals surface area contributed by atoms with Gasteiger partial charge < -0.3 is 0 Å². The Morgan fingerprint density at radius 1 is 1.08 bits per heavy atom. The predicted molar refractivity (Wildman–Crippen MR) is 48.4 cm³/mol. The van der Waals surface area contributed by atoms with Gasteiger partial charge in [-0.3, -0.25) is 0 Å². The van der Waals surface area contributed by atoms with Gasteiger partial charge in [-0.05, 0) is 25.0 Å². The lowest BCUT2D eigenvalue weighted by Gasteiger charge is -2.03. The summed E-state index contributed by atoms with van der Waals surface area (Å²) in [6.45, 7) is 0. The zero-order chi connectivity index (χ0) is 9.84. The molecule has 0 unspecified atom stereocenters. The second kappa shape index (κ2) is 4.65. The van der Waals surface area contributed by atoms with Crippen molar-refractivity contribution in [2.45, 2.75) is 12.8 Å². The maximum absolute atomic E-state index is 13.0. The van der Waals surface area contributed by atoms with Crippen molar-refractivity contribution in [2.75, 3.05) is 5.33 Å². The van der Waals surface area contributed by atoms with Crippen LogP contribution in [0.4, 0.5) is 13.2 Å². The highest BCUT2D eigenvalue weighted by atomic mass is 79.9. The van der Waals surface area contributed by atoms with Crippen LogP contribution >= 0.6 is 15.9 Å². The van der Waals surface area contributed by atoms with Gasteiger partial charge in [0.1, 0.15) is 5.82 Å². The van der Waals surface area contributed by atoms with Crippen molar-refractivity contribution in [3.05, 3.63) is 35.1 Å². The number of halogens is 4. The molecule has 0 heterocycles. The maximum atomic E-state index is 13.0. The molecule has 0 N–H and O–H groups in total. The first kappa shape index (κ1) is 10.6. The maximum Gasteiger partial charge on any atom is 0.164 e. The second-order valence-corrected chi connectivity index (χ2v) is 3.41. The molecule has 0 aliphatic heterocycles. The van der Waals surface area contributed by atoms with E-state index in [1.165, 1.54) is 0 Å². The fraction of sp³-hybridized carbons (Fsp3) is 0.333. The zero-order valence-corrected chi connectivity index (χ0v) is 8.37. The van der Waals surface area contributed by atoms with E-state index >= 15 is 0 Å². The first-order chi connectivity index (χ1) is 6.16. The number of alkyl halides is 1. The van der Waals surface area contributed by atoms with E-state index in [2.05, 4.69) is 15.9 Å². The highest BCUT2D eigenvalue weighted by Gasteiger charge is 2.12. The minimum absolute atomic E-state index is 0.167. The topological polar surface area (TPSA) is 0 Å². The van der Waals surface area contributed by atoms with Gasteiger partial charge in [0.2, 0.25) is 0 Å². The standard InChI is InChI=1S/C9H8BrF3/c10-5-1-2-6-7(11)3-4-8(12)9(6)13/h3-4H,1-2,5H2. The quantitative estimate of drug-likeness (QED) is 0.571. The highest BCUT2D eigenvalue weighted by Crippen LogP contribution is 2.17. The molecule has 0 saturated heterocycles. The van der Waals surface area contributed by atoms with Crippen molar-refractivity contribution in [1.29, 1.82) is 0 Å². The molecule has 13 heavy (non-hydrogen) atoms. The lowest BCUT2D eigenvalue weighted by atomic mass is 10.1. The Balaban J connectivity index is 2.96. The minimum Gasteiger partial charge on any atom is -0.207 e. The van der Waals surface area contributed by atoms with Crippen LogP contribution in [0.15, 0.2) is 12.1 Å². The van der Waals surface area contributed by atoms with Gasteiger partial charge in [-0.2, -0.15) is 0 Å². The molecule has 0 bridgehead atoms. The average molecular weight is 253 g/mol. The third-order valence-electron chi connectivity index (χ3n) is 1.70. The Morgan fingerprint density at radius 2 is 1.69 bits per heavy atom. The molecular formula is C9H8BrF3. The SMILES string of the molecule is Fc1ccc(F)c(CCCBr)c1F. The molecular weight excluding hydrogens is 245 g/mol. The summed E-state index contributed by atoms with van der Waals surface area (Å²) in [6.07, 6.45) is 0.790. The van der Waals surface area contributed by atoms with Crippen LogP contribution < -0.4 is 0 Å². The number of rotatable bonds is 3. The van der Waals surface area contributed by atoms with Gasteiger partial charge in [-0.1, -0.05) is 15.9 Å². The van der Waals surface area contributed by atoms with Crippen molar-refractivity contribution in [3.63, 3.8) is 0 Å². The molecule has 0 aromatic heterocycles. The fourth-order valence-corrected chi connectivity index (χ4v) is 1.32. The summed E-state index contributed by atoms with van der Waals surface area (Å²) in [5, 5.41) is 0.641. The van der Waals surface area contributed by atoms with E-state index in [1.54, 1.807) is 0 Å². The van der Waals surface area contributed by atoms with Crippen LogP contribution in [0.1, 0.15) is 12.0 Å². The van der Waals surface area contributed by atoms with Crippen molar-refractivity contribution in [1.82, 2.24) is 0 Å². The molecule has 0 saturated carbocycles. The molecule has 72 valence electrons. The van der Waals surface area contributed by atoms with Crippen molar-refractivity contribution in [3.8, 4) is 0 Å². The van der Waals surface area contributed by atoms with E-state index in [0.717, 1.165) is 12.1 Å². The monoisotopic (exact) mass is 252 g/mol. The smallest absolute Gasteiger partial charge is 0.164 e. The Bertz CT molecular complexity index is 299. The van der Waals surface area contributed by atoms with Gasteiger partial charge in [0, 0.05) is 10.9 Å². The van der Waals surface area contributed by atoms with Crippen LogP contribution in [0, 0.1) is 17.5 Å². The fourth-order valence-electron chi connectivity index (χ4n) is 1.04. The molecule has 0 atom stereocenters. The van der Waals surface area contributed by atoms with Crippen LogP contribution in [0.3, 0.4) is 0 Å². The Labute approximate surface area is 82.9 Å². The molecule has 1 aromatic carbocycles. The van der Waals surface area contributed by atoms with Crippen molar-refractivity contribution < 1.29 is 13.2 Å². The molecule has 1 rings (SSSR count). The lowest BCUT2D eigenvalue weighted by molar-refractivity contribution is 0.478. The highest BCUT2D eigenvalue weighted by molar-refractivity contribution is 9.09. The molecule has 0 amide bonds. The lowest BCUT2D eigenvalue weighted by Crippen LogP contribution is -1.99. The summed E-state index contributed by atoms with van der Waals surface area (Å²) in [6, 6.07) is 1.74. The summed E-state index contributed by atoms with van der Waals surface area (Å²) in [5.41, 5.74) is -0.167. The van der Waals surface area contributed by atoms with Crippen LogP contribution in [-0.4, -0.2) is 5.33 Å². The normalized spacial score (nSPS) is 10.5. The first-order valence-electron chi connectivity index (χ1n) is 3.85. The molecule has 0 spiro atoms. The summed E-state index contributed by atoms with van der Waals surface area (Å²) in [5.74, 6) is -2.74.